The SMILES string of the molecule is CC[C@@H](C(=O)NCC(C)C)N(CCc1ccccc1)C(=O)CN(c1ccccc1)S(=O)(=O)c1ccc(C)cc1. The molecule has 0 heterocycles. The number of hydrogen-bond donors (Lipinski definition) is 1. The van der Waals surface area contributed by atoms with Gasteiger partial charge in [0.15, 0.2) is 0 Å². The summed E-state index contributed by atoms with van der Waals surface area (Å²) in [7, 11) is -4.06. The van der Waals surface area contributed by atoms with Gasteiger partial charge in [0.25, 0.3) is 10.0 Å². The first-order chi connectivity index (χ1) is 18.6. The molecule has 2 amide bonds. The third-order valence-electron chi connectivity index (χ3n) is 6.49. The highest BCUT2D eigenvalue weighted by molar-refractivity contribution is 7.92. The average molecular weight is 550 g/mol. The van der Waals surface area contributed by atoms with Gasteiger partial charge >= 0.3 is 0 Å². The highest BCUT2D eigenvalue weighted by Crippen LogP contribution is 2.24. The third kappa shape index (κ3) is 8.17. The fourth-order valence-electron chi connectivity index (χ4n) is 4.28. The molecule has 0 saturated carbocycles. The van der Waals surface area contributed by atoms with Crippen molar-refractivity contribution in [2.24, 2.45) is 5.92 Å². The van der Waals surface area contributed by atoms with Gasteiger partial charge < -0.3 is 10.2 Å². The van der Waals surface area contributed by atoms with Crippen LogP contribution in [0.4, 0.5) is 5.69 Å². The molecule has 0 saturated heterocycles. The molecule has 39 heavy (non-hydrogen) atoms. The molecule has 0 bridgehead atoms. The number of nitrogens with one attached hydrogen (secondary N) is 1. The normalized spacial score (nSPS) is 12.1. The van der Waals surface area contributed by atoms with Crippen molar-refractivity contribution < 1.29 is 18.0 Å². The van der Waals surface area contributed by atoms with E-state index in [1.54, 1.807) is 54.6 Å². The van der Waals surface area contributed by atoms with Crippen LogP contribution >= 0.6 is 0 Å². The van der Waals surface area contributed by atoms with Crippen LogP contribution in [0.15, 0.2) is 89.8 Å². The predicted octanol–water partition coefficient (Wildman–Crippen LogP) is 4.81. The minimum atomic E-state index is -4.06. The lowest BCUT2D eigenvalue weighted by Crippen LogP contribution is -2.53. The van der Waals surface area contributed by atoms with Gasteiger partial charge in [-0.15, -0.1) is 0 Å². The summed E-state index contributed by atoms with van der Waals surface area (Å²) in [6, 6.07) is 24.2. The van der Waals surface area contributed by atoms with E-state index in [9.17, 15) is 18.0 Å². The van der Waals surface area contributed by atoms with Crippen molar-refractivity contribution in [3.05, 3.63) is 96.1 Å². The number of aryl methyl sites for hydroxylation is 1. The van der Waals surface area contributed by atoms with E-state index in [2.05, 4.69) is 5.32 Å². The van der Waals surface area contributed by atoms with Crippen molar-refractivity contribution >= 4 is 27.5 Å². The molecule has 7 nitrogen and oxygen atoms in total. The van der Waals surface area contributed by atoms with Gasteiger partial charge in [-0.2, -0.15) is 0 Å². The van der Waals surface area contributed by atoms with Crippen LogP contribution < -0.4 is 9.62 Å². The fraction of sp³-hybridized carbons (Fsp3) is 0.355. The summed E-state index contributed by atoms with van der Waals surface area (Å²) >= 11 is 0. The van der Waals surface area contributed by atoms with Crippen LogP contribution in [0.3, 0.4) is 0 Å². The maximum absolute atomic E-state index is 14.0. The van der Waals surface area contributed by atoms with Crippen molar-refractivity contribution in [1.29, 1.82) is 0 Å². The Hall–Kier alpha value is -3.65. The zero-order valence-corrected chi connectivity index (χ0v) is 24.0. The van der Waals surface area contributed by atoms with Crippen molar-refractivity contribution in [1.82, 2.24) is 10.2 Å². The van der Waals surface area contributed by atoms with E-state index in [0.29, 0.717) is 25.1 Å². The van der Waals surface area contributed by atoms with Crippen molar-refractivity contribution in [3.63, 3.8) is 0 Å². The Morgan fingerprint density at radius 3 is 2.03 bits per heavy atom. The molecular formula is C31H39N3O4S. The number of rotatable bonds is 13. The predicted molar refractivity (Wildman–Crippen MR) is 156 cm³/mol. The molecule has 0 radical (unpaired) electrons. The first-order valence-electron chi connectivity index (χ1n) is 13.4. The van der Waals surface area contributed by atoms with Crippen molar-refractivity contribution in [3.8, 4) is 0 Å². The average Bonchev–Trinajstić information content (AvgIpc) is 2.93. The lowest BCUT2D eigenvalue weighted by Gasteiger charge is -2.33. The summed E-state index contributed by atoms with van der Waals surface area (Å²) in [6.45, 7) is 8.11. The van der Waals surface area contributed by atoms with E-state index in [4.69, 9.17) is 0 Å². The number of carbonyl (C=O) groups excluding carboxylic acids is 2. The zero-order chi connectivity index (χ0) is 28.4. The highest BCUT2D eigenvalue weighted by atomic mass is 32.2. The third-order valence-corrected chi connectivity index (χ3v) is 8.27. The number of para-hydroxylation sites is 1. The Balaban J connectivity index is 1.96. The molecule has 0 fully saturated rings. The van der Waals surface area contributed by atoms with Crippen LogP contribution in [0.25, 0.3) is 0 Å². The van der Waals surface area contributed by atoms with Crippen LogP contribution in [0.1, 0.15) is 38.3 Å². The van der Waals surface area contributed by atoms with E-state index in [-0.39, 0.29) is 23.3 Å². The molecule has 1 N–H and O–H groups in total. The molecule has 0 spiro atoms. The molecule has 0 aliphatic rings. The Morgan fingerprint density at radius 1 is 0.872 bits per heavy atom. The van der Waals surface area contributed by atoms with E-state index >= 15 is 0 Å². The topological polar surface area (TPSA) is 86.8 Å². The van der Waals surface area contributed by atoms with E-state index in [1.165, 1.54) is 4.90 Å². The first-order valence-corrected chi connectivity index (χ1v) is 14.8. The first kappa shape index (κ1) is 29.9. The number of anilines is 1. The maximum atomic E-state index is 14.0. The van der Waals surface area contributed by atoms with E-state index in [1.807, 2.05) is 58.0 Å². The molecule has 8 heteroatoms. The minimum absolute atomic E-state index is 0.0994. The summed E-state index contributed by atoms with van der Waals surface area (Å²) in [5, 5.41) is 2.95. The lowest BCUT2D eigenvalue weighted by atomic mass is 10.1. The molecule has 3 rings (SSSR count). The summed E-state index contributed by atoms with van der Waals surface area (Å²) in [5.74, 6) is -0.412. The highest BCUT2D eigenvalue weighted by Gasteiger charge is 2.33. The summed E-state index contributed by atoms with van der Waals surface area (Å²) in [5.41, 5.74) is 2.34. The van der Waals surface area contributed by atoms with Gasteiger partial charge in [-0.1, -0.05) is 87.0 Å². The number of amides is 2. The van der Waals surface area contributed by atoms with Gasteiger partial charge in [0.1, 0.15) is 12.6 Å². The Kier molecular flexibility index (Phi) is 10.7. The minimum Gasteiger partial charge on any atom is -0.354 e. The Bertz CT molecular complexity index is 1310. The molecule has 0 aliphatic carbocycles. The second kappa shape index (κ2) is 13.9. The number of benzene rings is 3. The largest absolute Gasteiger partial charge is 0.354 e. The number of nitrogens with zero attached hydrogens (tertiary/aromatic N) is 2. The van der Waals surface area contributed by atoms with E-state index in [0.717, 1.165) is 15.4 Å². The molecular weight excluding hydrogens is 510 g/mol. The van der Waals surface area contributed by atoms with E-state index < -0.39 is 28.5 Å². The van der Waals surface area contributed by atoms with Crippen LogP contribution in [0.5, 0.6) is 0 Å². The molecule has 3 aromatic carbocycles. The number of hydrogen-bond acceptors (Lipinski definition) is 4. The van der Waals surface area contributed by atoms with Crippen LogP contribution in [-0.4, -0.2) is 50.8 Å². The van der Waals surface area contributed by atoms with Crippen LogP contribution in [0, 0.1) is 12.8 Å². The van der Waals surface area contributed by atoms with Crippen molar-refractivity contribution in [2.45, 2.75) is 51.5 Å². The second-order valence-electron chi connectivity index (χ2n) is 10.0. The molecule has 3 aromatic rings. The lowest BCUT2D eigenvalue weighted by molar-refractivity contribution is -0.139. The van der Waals surface area contributed by atoms with Gasteiger partial charge in [0, 0.05) is 13.1 Å². The standard InChI is InChI=1S/C31H39N3O4S/c1-5-29(31(36)32-22-24(2)3)33(21-20-26-12-8-6-9-13-26)30(35)23-34(27-14-10-7-11-15-27)39(37,38)28-18-16-25(4)17-19-28/h6-19,24,29H,5,20-23H2,1-4H3,(H,32,36)/t29-/m0/s1. The maximum Gasteiger partial charge on any atom is 0.264 e. The van der Waals surface area contributed by atoms with Crippen LogP contribution in [-0.2, 0) is 26.0 Å². The van der Waals surface area contributed by atoms with Gasteiger partial charge in [0.2, 0.25) is 11.8 Å². The molecule has 1 atom stereocenters. The molecule has 208 valence electrons. The zero-order valence-electron chi connectivity index (χ0n) is 23.2. The molecule has 0 unspecified atom stereocenters. The van der Waals surface area contributed by atoms with Gasteiger partial charge in [-0.05, 0) is 55.5 Å². The van der Waals surface area contributed by atoms with Crippen molar-refractivity contribution in [2.75, 3.05) is 23.9 Å². The molecule has 0 aliphatic heterocycles. The van der Waals surface area contributed by atoms with Crippen LogP contribution in [0.2, 0.25) is 0 Å². The summed E-state index contributed by atoms with van der Waals surface area (Å²) in [6.07, 6.45) is 0.942. The summed E-state index contributed by atoms with van der Waals surface area (Å²) < 4.78 is 28.7. The molecule has 0 aromatic heterocycles. The number of carbonyl (C=O) groups is 2. The quantitative estimate of drug-likeness (QED) is 0.331. The van der Waals surface area contributed by atoms with Gasteiger partial charge in [-0.3, -0.25) is 13.9 Å². The Morgan fingerprint density at radius 2 is 1.46 bits per heavy atom. The monoisotopic (exact) mass is 549 g/mol. The second-order valence-corrected chi connectivity index (χ2v) is 11.9. The van der Waals surface area contributed by atoms with Gasteiger partial charge in [0.05, 0.1) is 10.6 Å². The summed E-state index contributed by atoms with van der Waals surface area (Å²) in [4.78, 5) is 28.8. The number of sulfonamides is 1. The smallest absolute Gasteiger partial charge is 0.264 e. The van der Waals surface area contributed by atoms with Gasteiger partial charge in [-0.25, -0.2) is 8.42 Å². The fourth-order valence-corrected chi connectivity index (χ4v) is 5.69. The Labute approximate surface area is 232 Å².